The van der Waals surface area contributed by atoms with E-state index < -0.39 is 66.8 Å². The minimum Gasteiger partial charge on any atom is -0.480 e. The van der Waals surface area contributed by atoms with E-state index in [0.29, 0.717) is 0 Å². The van der Waals surface area contributed by atoms with Crippen LogP contribution in [0.3, 0.4) is 0 Å². The third-order valence-corrected chi connectivity index (χ3v) is 3.26. The Balaban J connectivity index is 3.48. The summed E-state index contributed by atoms with van der Waals surface area (Å²) in [5, 5.41) is -2.44. The van der Waals surface area contributed by atoms with Crippen molar-refractivity contribution >= 4 is 11.6 Å². The van der Waals surface area contributed by atoms with Crippen molar-refractivity contribution in [3.63, 3.8) is 0 Å². The molecule has 0 amide bonds. The van der Waals surface area contributed by atoms with Crippen LogP contribution >= 0.6 is 11.6 Å². The van der Waals surface area contributed by atoms with Crippen LogP contribution in [0.2, 0.25) is 0 Å². The van der Waals surface area contributed by atoms with E-state index in [9.17, 15) is 57.1 Å². The van der Waals surface area contributed by atoms with Gasteiger partial charge >= 0.3 is 30.4 Å². The molecule has 1 aliphatic carbocycles. The van der Waals surface area contributed by atoms with Crippen LogP contribution in [-0.4, -0.2) is 56.0 Å². The van der Waals surface area contributed by atoms with E-state index in [1.54, 1.807) is 0 Å². The maximum Gasteiger partial charge on any atom is 0.422 e. The zero-order valence-electron chi connectivity index (χ0n) is 12.6. The minimum atomic E-state index is -6.12. The lowest BCUT2D eigenvalue weighted by molar-refractivity contribution is -0.379. The molecule has 0 unspecified atom stereocenters. The zero-order valence-corrected chi connectivity index (χ0v) is 13.4. The predicted octanol–water partition coefficient (Wildman–Crippen LogP) is 5.15. The molecule has 0 saturated carbocycles. The molecule has 0 spiro atoms. The molecule has 0 aromatic heterocycles. The largest absolute Gasteiger partial charge is 0.480 e. The SMILES string of the molecule is FC(F)(F)COC1=C(Cl)C(OCC(F)(F)F)(OCC(F)(F)F)C(F)(F)C1(F)F. The van der Waals surface area contributed by atoms with E-state index in [4.69, 9.17) is 11.6 Å². The van der Waals surface area contributed by atoms with Crippen molar-refractivity contribution < 1.29 is 71.3 Å². The molecule has 1 rings (SSSR count). The topological polar surface area (TPSA) is 27.7 Å². The first kappa shape index (κ1) is 24.9. The molecule has 0 aromatic carbocycles. The Kier molecular flexibility index (Phi) is 6.46. The molecule has 0 aliphatic heterocycles. The first-order valence-electron chi connectivity index (χ1n) is 6.43. The standard InChI is InChI=1S/C11H6ClF13O3/c12-4-5(26-1-6(13,14)15)9(22,23)11(24,25)10(4,27-2-7(16,17)18)28-3-8(19,20)21/h1-3H2. The second-order valence-electron chi connectivity index (χ2n) is 5.12. The van der Waals surface area contributed by atoms with Gasteiger partial charge in [0, 0.05) is 0 Å². The Morgan fingerprint density at radius 3 is 1.36 bits per heavy atom. The monoisotopic (exact) mass is 468 g/mol. The van der Waals surface area contributed by atoms with Gasteiger partial charge in [0.05, 0.1) is 0 Å². The van der Waals surface area contributed by atoms with E-state index in [2.05, 4.69) is 14.2 Å². The molecule has 0 atom stereocenters. The van der Waals surface area contributed by atoms with Crippen LogP contribution in [0.4, 0.5) is 57.1 Å². The van der Waals surface area contributed by atoms with Gasteiger partial charge in [-0.1, -0.05) is 11.6 Å². The normalized spacial score (nSPS) is 21.9. The van der Waals surface area contributed by atoms with E-state index in [0.717, 1.165) is 0 Å². The smallest absolute Gasteiger partial charge is 0.422 e. The van der Waals surface area contributed by atoms with Crippen molar-refractivity contribution in [1.82, 2.24) is 0 Å². The summed E-state index contributed by atoms with van der Waals surface area (Å²) in [6.45, 7) is -8.39. The van der Waals surface area contributed by atoms with Crippen molar-refractivity contribution in [2.45, 2.75) is 36.2 Å². The number of halogens is 14. The molecule has 28 heavy (non-hydrogen) atoms. The fourth-order valence-electron chi connectivity index (χ4n) is 1.80. The summed E-state index contributed by atoms with van der Waals surface area (Å²) in [4.78, 5) is 0. The number of alkyl halides is 13. The Labute approximate surface area is 150 Å². The molecule has 1 aliphatic rings. The van der Waals surface area contributed by atoms with Gasteiger partial charge in [0.2, 0.25) is 0 Å². The van der Waals surface area contributed by atoms with E-state index >= 15 is 0 Å². The second-order valence-corrected chi connectivity index (χ2v) is 5.50. The summed E-state index contributed by atoms with van der Waals surface area (Å²) in [5.41, 5.74) is 0. The van der Waals surface area contributed by atoms with Crippen molar-refractivity contribution in [3.8, 4) is 0 Å². The van der Waals surface area contributed by atoms with Crippen molar-refractivity contribution in [3.05, 3.63) is 10.8 Å². The molecule has 0 aromatic rings. The van der Waals surface area contributed by atoms with Crippen LogP contribution in [0.5, 0.6) is 0 Å². The van der Waals surface area contributed by atoms with Crippen LogP contribution in [0.15, 0.2) is 10.8 Å². The second kappa shape index (κ2) is 7.27. The highest BCUT2D eigenvalue weighted by Gasteiger charge is 2.82. The minimum absolute atomic E-state index is 2.44. The Morgan fingerprint density at radius 1 is 0.679 bits per heavy atom. The lowest BCUT2D eigenvalue weighted by atomic mass is 10.1. The molecular formula is C11H6ClF13O3. The van der Waals surface area contributed by atoms with Gasteiger partial charge in [-0.2, -0.15) is 57.1 Å². The first-order chi connectivity index (χ1) is 12.2. The molecule has 166 valence electrons. The van der Waals surface area contributed by atoms with Crippen LogP contribution in [-0.2, 0) is 14.2 Å². The van der Waals surface area contributed by atoms with Gasteiger partial charge in [0.25, 0.3) is 5.79 Å². The lowest BCUT2D eigenvalue weighted by Crippen LogP contribution is -2.58. The van der Waals surface area contributed by atoms with Crippen molar-refractivity contribution in [2.75, 3.05) is 19.8 Å². The van der Waals surface area contributed by atoms with Crippen LogP contribution in [0.1, 0.15) is 0 Å². The molecule has 0 saturated heterocycles. The van der Waals surface area contributed by atoms with Crippen LogP contribution < -0.4 is 0 Å². The van der Waals surface area contributed by atoms with Gasteiger partial charge in [-0.15, -0.1) is 0 Å². The quantitative estimate of drug-likeness (QED) is 0.398. The van der Waals surface area contributed by atoms with Crippen molar-refractivity contribution in [1.29, 1.82) is 0 Å². The summed E-state index contributed by atoms with van der Waals surface area (Å²) in [6.07, 6.45) is -16.5. The summed E-state index contributed by atoms with van der Waals surface area (Å²) < 4.78 is 176. The molecule has 0 bridgehead atoms. The fraction of sp³-hybridized carbons (Fsp3) is 0.818. The van der Waals surface area contributed by atoms with E-state index in [1.807, 2.05) is 0 Å². The maximum atomic E-state index is 14.1. The molecule has 0 radical (unpaired) electrons. The van der Waals surface area contributed by atoms with Gasteiger partial charge in [-0.3, -0.25) is 0 Å². The number of hydrogen-bond acceptors (Lipinski definition) is 3. The van der Waals surface area contributed by atoms with Gasteiger partial charge < -0.3 is 14.2 Å². The molecule has 0 fully saturated rings. The molecule has 3 nitrogen and oxygen atoms in total. The highest BCUT2D eigenvalue weighted by molar-refractivity contribution is 6.31. The predicted molar refractivity (Wildman–Crippen MR) is 61.5 cm³/mol. The number of hydrogen-bond donors (Lipinski definition) is 0. The van der Waals surface area contributed by atoms with Gasteiger partial charge in [0.1, 0.15) is 18.2 Å². The summed E-state index contributed by atoms with van der Waals surface area (Å²) in [6, 6.07) is 0. The summed E-state index contributed by atoms with van der Waals surface area (Å²) in [5.74, 6) is -19.7. The average molecular weight is 469 g/mol. The van der Waals surface area contributed by atoms with Crippen LogP contribution in [0, 0.1) is 0 Å². The van der Waals surface area contributed by atoms with Gasteiger partial charge in [0.15, 0.2) is 12.4 Å². The Morgan fingerprint density at radius 2 is 1.04 bits per heavy atom. The van der Waals surface area contributed by atoms with E-state index in [-0.39, 0.29) is 0 Å². The summed E-state index contributed by atoms with van der Waals surface area (Å²) in [7, 11) is 0. The maximum absolute atomic E-state index is 14.1. The number of allylic oxidation sites excluding steroid dienone is 1. The summed E-state index contributed by atoms with van der Waals surface area (Å²) >= 11 is 5.00. The van der Waals surface area contributed by atoms with E-state index in [1.165, 1.54) is 0 Å². The molecule has 0 heterocycles. The number of rotatable bonds is 6. The third kappa shape index (κ3) is 5.06. The highest BCUT2D eigenvalue weighted by atomic mass is 35.5. The fourth-order valence-corrected chi connectivity index (χ4v) is 2.20. The molecule has 17 heteroatoms. The lowest BCUT2D eigenvalue weighted by Gasteiger charge is -2.36. The molecular weight excluding hydrogens is 463 g/mol. The highest BCUT2D eigenvalue weighted by Crippen LogP contribution is 2.60. The average Bonchev–Trinajstić information content (AvgIpc) is 2.53. The van der Waals surface area contributed by atoms with Crippen LogP contribution in [0.25, 0.3) is 0 Å². The zero-order chi connectivity index (χ0) is 22.4. The number of ether oxygens (including phenoxy) is 3. The molecule has 0 N–H and O–H groups in total. The van der Waals surface area contributed by atoms with Gasteiger partial charge in [-0.25, -0.2) is 0 Å². The first-order valence-corrected chi connectivity index (χ1v) is 6.81. The third-order valence-electron chi connectivity index (χ3n) is 2.84. The van der Waals surface area contributed by atoms with Gasteiger partial charge in [-0.05, 0) is 0 Å². The van der Waals surface area contributed by atoms with Crippen molar-refractivity contribution in [2.24, 2.45) is 0 Å². The Bertz CT molecular complexity index is 586. The Hall–Kier alpha value is -1.16.